The molecule has 1 saturated heterocycles. The van der Waals surface area contributed by atoms with Crippen molar-refractivity contribution in [3.05, 3.63) is 23.8 Å². The van der Waals surface area contributed by atoms with Gasteiger partial charge in [0.15, 0.2) is 11.5 Å². The second-order valence-corrected chi connectivity index (χ2v) is 6.16. The molecule has 124 valence electrons. The van der Waals surface area contributed by atoms with Crippen molar-refractivity contribution in [2.45, 2.75) is 39.0 Å². The Kier molecular flexibility index (Phi) is 4.84. The van der Waals surface area contributed by atoms with Gasteiger partial charge >= 0.3 is 0 Å². The highest BCUT2D eigenvalue weighted by molar-refractivity contribution is 5.81. The van der Waals surface area contributed by atoms with Gasteiger partial charge in [0.2, 0.25) is 12.7 Å². The van der Waals surface area contributed by atoms with Crippen LogP contribution in [0.2, 0.25) is 0 Å². The smallest absolute Gasteiger partial charge is 0.231 e. The second-order valence-electron chi connectivity index (χ2n) is 6.16. The van der Waals surface area contributed by atoms with E-state index in [0.717, 1.165) is 29.9 Å². The van der Waals surface area contributed by atoms with Crippen LogP contribution in [0.15, 0.2) is 18.2 Å². The molecule has 5 heteroatoms. The minimum atomic E-state index is 0.151. The van der Waals surface area contributed by atoms with E-state index in [-0.39, 0.29) is 18.6 Å². The molecule has 0 N–H and O–H groups in total. The zero-order valence-corrected chi connectivity index (χ0v) is 13.5. The molecule has 2 aliphatic rings. The quantitative estimate of drug-likeness (QED) is 0.837. The lowest BCUT2D eigenvalue weighted by molar-refractivity contribution is -0.135. The molecule has 0 spiro atoms. The third-order valence-electron chi connectivity index (χ3n) is 4.72. The van der Waals surface area contributed by atoms with Crippen LogP contribution in [-0.2, 0) is 16.0 Å². The number of piperidine rings is 1. The van der Waals surface area contributed by atoms with Gasteiger partial charge in [0.25, 0.3) is 0 Å². The van der Waals surface area contributed by atoms with Gasteiger partial charge in [-0.1, -0.05) is 13.0 Å². The molecule has 3 rings (SSSR count). The molecule has 0 radical (unpaired) electrons. The highest BCUT2D eigenvalue weighted by Crippen LogP contribution is 2.32. The van der Waals surface area contributed by atoms with Crippen molar-refractivity contribution in [2.75, 3.05) is 19.9 Å². The number of amides is 1. The average molecular weight is 317 g/mol. The molecule has 1 amide bonds. The van der Waals surface area contributed by atoms with E-state index in [1.807, 2.05) is 30.0 Å². The van der Waals surface area contributed by atoms with Crippen LogP contribution < -0.4 is 9.47 Å². The topological polar surface area (TPSA) is 55.8 Å². The van der Waals surface area contributed by atoms with Gasteiger partial charge in [-0.25, -0.2) is 0 Å². The Balaban J connectivity index is 1.48. The number of fused-ring (bicyclic) bond motifs is 1. The van der Waals surface area contributed by atoms with Crippen LogP contribution in [0.25, 0.3) is 0 Å². The Labute approximate surface area is 136 Å². The van der Waals surface area contributed by atoms with E-state index in [9.17, 15) is 9.59 Å². The first-order valence-electron chi connectivity index (χ1n) is 8.36. The molecular formula is C18H23NO4. The van der Waals surface area contributed by atoms with E-state index in [1.165, 1.54) is 0 Å². The number of ketones is 1. The highest BCUT2D eigenvalue weighted by atomic mass is 16.7. The van der Waals surface area contributed by atoms with Gasteiger partial charge < -0.3 is 14.4 Å². The number of benzene rings is 1. The first-order valence-corrected chi connectivity index (χ1v) is 8.36. The lowest BCUT2D eigenvalue weighted by Gasteiger charge is -2.31. The summed E-state index contributed by atoms with van der Waals surface area (Å²) in [5, 5.41) is 0. The number of hydrogen-bond acceptors (Lipinski definition) is 4. The Bertz CT molecular complexity index is 591. The first-order chi connectivity index (χ1) is 11.2. The molecule has 1 aromatic rings. The monoisotopic (exact) mass is 317 g/mol. The lowest BCUT2D eigenvalue weighted by Crippen LogP contribution is -2.40. The van der Waals surface area contributed by atoms with Gasteiger partial charge in [-0.15, -0.1) is 0 Å². The van der Waals surface area contributed by atoms with Gasteiger partial charge in [-0.05, 0) is 37.0 Å². The van der Waals surface area contributed by atoms with E-state index in [1.54, 1.807) is 0 Å². The summed E-state index contributed by atoms with van der Waals surface area (Å²) in [4.78, 5) is 26.0. The molecule has 0 saturated carbocycles. The largest absolute Gasteiger partial charge is 0.454 e. The zero-order chi connectivity index (χ0) is 16.2. The Morgan fingerprint density at radius 3 is 2.65 bits per heavy atom. The van der Waals surface area contributed by atoms with Gasteiger partial charge in [-0.2, -0.15) is 0 Å². The van der Waals surface area contributed by atoms with E-state index in [4.69, 9.17) is 9.47 Å². The predicted octanol–water partition coefficient (Wildman–Crippen LogP) is 2.57. The van der Waals surface area contributed by atoms with Crippen molar-refractivity contribution in [1.29, 1.82) is 0 Å². The minimum absolute atomic E-state index is 0.151. The van der Waals surface area contributed by atoms with Gasteiger partial charge in [0.05, 0.1) is 0 Å². The van der Waals surface area contributed by atoms with Crippen molar-refractivity contribution in [2.24, 2.45) is 5.92 Å². The van der Waals surface area contributed by atoms with Crippen LogP contribution in [0.1, 0.15) is 38.2 Å². The summed E-state index contributed by atoms with van der Waals surface area (Å²) >= 11 is 0. The molecular weight excluding hydrogens is 294 g/mol. The molecule has 0 aromatic heterocycles. The molecule has 0 bridgehead atoms. The zero-order valence-electron chi connectivity index (χ0n) is 13.5. The number of aryl methyl sites for hydroxylation is 1. The fraction of sp³-hybridized carbons (Fsp3) is 0.556. The van der Waals surface area contributed by atoms with Gasteiger partial charge in [0.1, 0.15) is 5.78 Å². The normalized spacial score (nSPS) is 17.3. The maximum absolute atomic E-state index is 12.3. The van der Waals surface area contributed by atoms with Crippen molar-refractivity contribution in [3.63, 3.8) is 0 Å². The Hall–Kier alpha value is -2.04. The third-order valence-corrected chi connectivity index (χ3v) is 4.72. The minimum Gasteiger partial charge on any atom is -0.454 e. The molecule has 1 fully saturated rings. The fourth-order valence-electron chi connectivity index (χ4n) is 3.25. The number of hydrogen-bond donors (Lipinski definition) is 0. The molecule has 0 atom stereocenters. The standard InChI is InChI=1S/C18H23NO4/c1-2-15(20)14-7-9-19(10-8-14)18(21)6-4-13-3-5-16-17(11-13)23-12-22-16/h3,5,11,14H,2,4,6-10,12H2,1H3. The van der Waals surface area contributed by atoms with Crippen LogP contribution in [-0.4, -0.2) is 36.5 Å². The number of carbonyl (C=O) groups excluding carboxylic acids is 2. The van der Waals surface area contributed by atoms with E-state index in [0.29, 0.717) is 38.1 Å². The predicted molar refractivity (Wildman–Crippen MR) is 85.5 cm³/mol. The van der Waals surface area contributed by atoms with Crippen molar-refractivity contribution in [1.82, 2.24) is 4.90 Å². The first kappa shape index (κ1) is 15.8. The molecule has 5 nitrogen and oxygen atoms in total. The number of nitrogens with zero attached hydrogens (tertiary/aromatic N) is 1. The maximum atomic E-state index is 12.3. The van der Waals surface area contributed by atoms with Gasteiger partial charge in [-0.3, -0.25) is 9.59 Å². The summed E-state index contributed by atoms with van der Waals surface area (Å²) in [6, 6.07) is 5.82. The number of Topliss-reactive ketones (excluding diaryl/α,β-unsaturated/α-hetero) is 1. The van der Waals surface area contributed by atoms with E-state index >= 15 is 0 Å². The molecule has 2 aliphatic heterocycles. The SMILES string of the molecule is CCC(=O)C1CCN(C(=O)CCc2ccc3c(c2)OCO3)CC1. The van der Waals surface area contributed by atoms with Crippen LogP contribution >= 0.6 is 0 Å². The lowest BCUT2D eigenvalue weighted by atomic mass is 9.91. The third kappa shape index (κ3) is 3.66. The average Bonchev–Trinajstić information content (AvgIpc) is 3.06. The molecule has 0 unspecified atom stereocenters. The summed E-state index contributed by atoms with van der Waals surface area (Å²) in [5.74, 6) is 2.18. The van der Waals surface area contributed by atoms with Gasteiger partial charge in [0, 0.05) is 31.8 Å². The van der Waals surface area contributed by atoms with Crippen molar-refractivity contribution in [3.8, 4) is 11.5 Å². The number of ether oxygens (including phenoxy) is 2. The van der Waals surface area contributed by atoms with E-state index in [2.05, 4.69) is 0 Å². The van der Waals surface area contributed by atoms with Crippen molar-refractivity contribution >= 4 is 11.7 Å². The molecule has 2 heterocycles. The van der Waals surface area contributed by atoms with Crippen LogP contribution in [0.4, 0.5) is 0 Å². The summed E-state index contributed by atoms with van der Waals surface area (Å²) in [6.45, 7) is 3.58. The van der Waals surface area contributed by atoms with Crippen molar-refractivity contribution < 1.29 is 19.1 Å². The Morgan fingerprint density at radius 2 is 1.91 bits per heavy atom. The van der Waals surface area contributed by atoms with E-state index < -0.39 is 0 Å². The molecule has 1 aromatic carbocycles. The Morgan fingerprint density at radius 1 is 1.17 bits per heavy atom. The number of likely N-dealkylation sites (tertiary alicyclic amines) is 1. The summed E-state index contributed by atoms with van der Waals surface area (Å²) in [6.07, 6.45) is 3.41. The molecule has 23 heavy (non-hydrogen) atoms. The maximum Gasteiger partial charge on any atom is 0.231 e. The fourth-order valence-corrected chi connectivity index (χ4v) is 3.25. The van der Waals surface area contributed by atoms with Crippen LogP contribution in [0, 0.1) is 5.92 Å². The molecule has 0 aliphatic carbocycles. The van der Waals surface area contributed by atoms with Crippen LogP contribution in [0.3, 0.4) is 0 Å². The summed E-state index contributed by atoms with van der Waals surface area (Å²) in [7, 11) is 0. The number of carbonyl (C=O) groups is 2. The number of rotatable bonds is 5. The highest BCUT2D eigenvalue weighted by Gasteiger charge is 2.26. The van der Waals surface area contributed by atoms with Crippen LogP contribution in [0.5, 0.6) is 11.5 Å². The summed E-state index contributed by atoms with van der Waals surface area (Å²) < 4.78 is 10.6. The summed E-state index contributed by atoms with van der Waals surface area (Å²) in [5.41, 5.74) is 1.08. The second kappa shape index (κ2) is 7.02.